The van der Waals surface area contributed by atoms with Gasteiger partial charge in [-0.2, -0.15) is 0 Å². The fraction of sp³-hybridized carbons (Fsp3) is 0.160. The van der Waals surface area contributed by atoms with Crippen LogP contribution in [0.25, 0.3) is 22.0 Å². The van der Waals surface area contributed by atoms with Crippen LogP contribution in [0.3, 0.4) is 0 Å². The molecule has 0 aliphatic rings. The predicted molar refractivity (Wildman–Crippen MR) is 123 cm³/mol. The van der Waals surface area contributed by atoms with Crippen LogP contribution in [0.4, 0.5) is 10.1 Å². The van der Waals surface area contributed by atoms with E-state index < -0.39 is 5.82 Å². The highest BCUT2D eigenvalue weighted by Crippen LogP contribution is 2.35. The van der Waals surface area contributed by atoms with Crippen molar-refractivity contribution in [1.29, 1.82) is 0 Å². The van der Waals surface area contributed by atoms with Crippen molar-refractivity contribution in [3.63, 3.8) is 0 Å². The number of fused-ring (bicyclic) bond motifs is 1. The summed E-state index contributed by atoms with van der Waals surface area (Å²) in [4.78, 5) is 13.4. The molecule has 0 atom stereocenters. The number of nitrogen functional groups attached to an aromatic ring is 1. The van der Waals surface area contributed by atoms with Gasteiger partial charge in [0.15, 0.2) is 0 Å². The lowest BCUT2D eigenvalue weighted by Gasteiger charge is -2.18. The highest BCUT2D eigenvalue weighted by molar-refractivity contribution is 6.01. The second kappa shape index (κ2) is 8.63. The maximum absolute atomic E-state index is 14.0. The fourth-order valence-corrected chi connectivity index (χ4v) is 3.85. The van der Waals surface area contributed by atoms with Gasteiger partial charge >= 0.3 is 0 Å². The van der Waals surface area contributed by atoms with Crippen molar-refractivity contribution in [2.24, 2.45) is 0 Å². The molecule has 2 N–H and O–H groups in total. The molecule has 0 saturated carbocycles. The van der Waals surface area contributed by atoms with Crippen LogP contribution in [0, 0.1) is 5.82 Å². The van der Waals surface area contributed by atoms with E-state index in [1.807, 2.05) is 6.07 Å². The third-order valence-corrected chi connectivity index (χ3v) is 5.44. The Bertz CT molecular complexity index is 1360. The first kappa shape index (κ1) is 21.2. The Morgan fingerprint density at radius 3 is 2.31 bits per heavy atom. The van der Waals surface area contributed by atoms with Gasteiger partial charge in [0.1, 0.15) is 28.8 Å². The van der Waals surface area contributed by atoms with Crippen LogP contribution in [0.15, 0.2) is 65.5 Å². The molecule has 0 radical (unpaired) electrons. The maximum atomic E-state index is 14.0. The molecular formula is C25H23FN2O4. The number of ether oxygens (including phenoxy) is 3. The number of nitrogens with zero attached hydrogens (tertiary/aromatic N) is 1. The van der Waals surface area contributed by atoms with Crippen LogP contribution in [0.1, 0.15) is 5.56 Å². The van der Waals surface area contributed by atoms with Crippen molar-refractivity contribution < 1.29 is 18.6 Å². The van der Waals surface area contributed by atoms with Crippen molar-refractivity contribution >= 4 is 16.6 Å². The first-order valence-corrected chi connectivity index (χ1v) is 9.93. The maximum Gasteiger partial charge on any atom is 0.275 e. The number of nitrogens with two attached hydrogens (primary N) is 1. The Labute approximate surface area is 184 Å². The Morgan fingerprint density at radius 1 is 0.906 bits per heavy atom. The molecule has 4 aromatic rings. The lowest BCUT2D eigenvalue weighted by molar-refractivity contribution is 0.390. The molecule has 32 heavy (non-hydrogen) atoms. The second-order valence-corrected chi connectivity index (χ2v) is 7.25. The van der Waals surface area contributed by atoms with Gasteiger partial charge in [0.25, 0.3) is 5.56 Å². The number of halogens is 1. The Morgan fingerprint density at radius 2 is 1.62 bits per heavy atom. The van der Waals surface area contributed by atoms with Crippen molar-refractivity contribution in [2.45, 2.75) is 6.54 Å². The minimum absolute atomic E-state index is 0.0313. The molecule has 0 aliphatic carbocycles. The molecule has 164 valence electrons. The minimum Gasteiger partial charge on any atom is -0.497 e. The Kier molecular flexibility index (Phi) is 5.73. The van der Waals surface area contributed by atoms with E-state index in [9.17, 15) is 9.18 Å². The summed E-state index contributed by atoms with van der Waals surface area (Å²) in [5.74, 6) is 1.42. The lowest BCUT2D eigenvalue weighted by Crippen LogP contribution is -2.25. The first-order chi connectivity index (χ1) is 15.5. The summed E-state index contributed by atoms with van der Waals surface area (Å²) in [6.45, 7) is 0.225. The number of hydrogen-bond acceptors (Lipinski definition) is 5. The number of anilines is 1. The number of methoxy groups -OCH3 is 3. The van der Waals surface area contributed by atoms with E-state index in [1.54, 1.807) is 68.4 Å². The van der Waals surface area contributed by atoms with Crippen molar-refractivity contribution in [1.82, 2.24) is 4.57 Å². The zero-order valence-corrected chi connectivity index (χ0v) is 18.0. The smallest absolute Gasteiger partial charge is 0.275 e. The molecule has 1 aromatic heterocycles. The van der Waals surface area contributed by atoms with Gasteiger partial charge in [0, 0.05) is 22.6 Å². The van der Waals surface area contributed by atoms with E-state index in [0.717, 1.165) is 5.56 Å². The summed E-state index contributed by atoms with van der Waals surface area (Å²) in [6.07, 6.45) is 0. The molecule has 4 rings (SSSR count). The third kappa shape index (κ3) is 3.73. The first-order valence-electron chi connectivity index (χ1n) is 9.93. The molecule has 0 bridgehead atoms. The summed E-state index contributed by atoms with van der Waals surface area (Å²) < 4.78 is 31.7. The van der Waals surface area contributed by atoms with E-state index in [2.05, 4.69) is 0 Å². The lowest BCUT2D eigenvalue weighted by atomic mass is 9.98. The van der Waals surface area contributed by atoms with Crippen LogP contribution in [-0.4, -0.2) is 25.9 Å². The molecule has 0 aliphatic heterocycles. The quantitative estimate of drug-likeness (QED) is 0.485. The van der Waals surface area contributed by atoms with Gasteiger partial charge in [-0.1, -0.05) is 12.1 Å². The van der Waals surface area contributed by atoms with E-state index >= 15 is 0 Å². The van der Waals surface area contributed by atoms with E-state index in [4.69, 9.17) is 19.9 Å². The Balaban J connectivity index is 1.99. The average Bonchev–Trinajstić information content (AvgIpc) is 2.81. The predicted octanol–water partition coefficient (Wildman–Crippen LogP) is 4.46. The topological polar surface area (TPSA) is 75.7 Å². The third-order valence-electron chi connectivity index (χ3n) is 5.44. The van der Waals surface area contributed by atoms with Gasteiger partial charge in [0.05, 0.1) is 33.4 Å². The fourth-order valence-electron chi connectivity index (χ4n) is 3.85. The van der Waals surface area contributed by atoms with Crippen LogP contribution in [0.5, 0.6) is 17.2 Å². The number of benzene rings is 3. The summed E-state index contributed by atoms with van der Waals surface area (Å²) in [5, 5.41) is 0.680. The van der Waals surface area contributed by atoms with Gasteiger partial charge in [-0.15, -0.1) is 0 Å². The Hall–Kier alpha value is -4.00. The molecule has 1 heterocycles. The van der Waals surface area contributed by atoms with Crippen LogP contribution in [-0.2, 0) is 6.54 Å². The second-order valence-electron chi connectivity index (χ2n) is 7.25. The van der Waals surface area contributed by atoms with Crippen molar-refractivity contribution in [3.8, 4) is 28.4 Å². The molecule has 3 aromatic carbocycles. The zero-order chi connectivity index (χ0) is 22.8. The summed E-state index contributed by atoms with van der Waals surface area (Å²) >= 11 is 0. The highest BCUT2D eigenvalue weighted by atomic mass is 19.1. The van der Waals surface area contributed by atoms with Gasteiger partial charge in [-0.3, -0.25) is 4.79 Å². The highest BCUT2D eigenvalue weighted by Gasteiger charge is 2.18. The number of hydrogen-bond donors (Lipinski definition) is 1. The van der Waals surface area contributed by atoms with Crippen molar-refractivity contribution in [2.75, 3.05) is 27.1 Å². The van der Waals surface area contributed by atoms with E-state index in [1.165, 1.54) is 12.1 Å². The summed E-state index contributed by atoms with van der Waals surface area (Å²) in [5.41, 5.74) is 8.42. The average molecular weight is 434 g/mol. The van der Waals surface area contributed by atoms with Crippen molar-refractivity contribution in [3.05, 3.63) is 82.4 Å². The number of aromatic nitrogens is 1. The minimum atomic E-state index is -0.412. The van der Waals surface area contributed by atoms with Crippen LogP contribution >= 0.6 is 0 Å². The number of pyridine rings is 1. The molecule has 0 saturated heterocycles. The normalized spacial score (nSPS) is 10.9. The molecule has 0 amide bonds. The molecule has 0 fully saturated rings. The summed E-state index contributed by atoms with van der Waals surface area (Å²) in [6, 6.07) is 16.8. The van der Waals surface area contributed by atoms with Crippen LogP contribution in [0.2, 0.25) is 0 Å². The molecule has 7 heteroatoms. The zero-order valence-electron chi connectivity index (χ0n) is 18.0. The van der Waals surface area contributed by atoms with Gasteiger partial charge in [-0.25, -0.2) is 4.39 Å². The number of rotatable bonds is 6. The monoisotopic (exact) mass is 434 g/mol. The largest absolute Gasteiger partial charge is 0.497 e. The molecule has 0 spiro atoms. The van der Waals surface area contributed by atoms with Gasteiger partial charge < -0.3 is 24.5 Å². The molecular weight excluding hydrogens is 411 g/mol. The molecule has 6 nitrogen and oxygen atoms in total. The van der Waals surface area contributed by atoms with Gasteiger partial charge in [-0.05, 0) is 48.0 Å². The van der Waals surface area contributed by atoms with E-state index in [0.29, 0.717) is 39.3 Å². The summed E-state index contributed by atoms with van der Waals surface area (Å²) in [7, 11) is 4.70. The van der Waals surface area contributed by atoms with E-state index in [-0.39, 0.29) is 17.8 Å². The standard InChI is InChI=1S/C25H23FN2O4/c1-30-18-9-10-21-20(12-18)23(15-5-4-6-17(26)11-15)24(27)25(29)28(21)14-16-7-8-19(31-2)13-22(16)32-3/h4-13H,14,27H2,1-3H3. The molecule has 0 unspecified atom stereocenters. The van der Waals surface area contributed by atoms with Gasteiger partial charge in [0.2, 0.25) is 0 Å². The van der Waals surface area contributed by atoms with Crippen LogP contribution < -0.4 is 25.5 Å². The SMILES string of the molecule is COc1ccc(Cn2c(=O)c(N)c(-c3cccc(F)c3)c3cc(OC)ccc32)c(OC)c1.